The molecule has 9 nitrogen and oxygen atoms in total. The third kappa shape index (κ3) is 5.61. The van der Waals surface area contributed by atoms with E-state index >= 15 is 0 Å². The summed E-state index contributed by atoms with van der Waals surface area (Å²) in [4.78, 5) is 26.6. The van der Waals surface area contributed by atoms with Gasteiger partial charge in [0.15, 0.2) is 0 Å². The molecular formula is C24H31N5O4. The lowest BCUT2D eigenvalue weighted by Crippen LogP contribution is -2.50. The molecule has 2 N–H and O–H groups in total. The van der Waals surface area contributed by atoms with Gasteiger partial charge in [-0.15, -0.1) is 0 Å². The summed E-state index contributed by atoms with van der Waals surface area (Å²) < 4.78 is 12.2. The number of methoxy groups -OCH3 is 1. The van der Waals surface area contributed by atoms with Gasteiger partial charge in [-0.25, -0.2) is 9.48 Å². The summed E-state index contributed by atoms with van der Waals surface area (Å²) in [7, 11) is 1.33. The van der Waals surface area contributed by atoms with Crippen molar-refractivity contribution in [2.45, 2.75) is 38.0 Å². The standard InChI is InChI=1S/C24H31N5O4/c1-17(28(18-10-11-18)23(30)22-16-25-13-14-33-22)21-15-20(9-6-12-26-24(31)32-2)29(27-21)19-7-4-3-5-8-19/h3-9,15,17-18,22,25H,10-14,16H2,1-2H3,(H,26,31)/b9-6+/t17-,22-/m1/s1. The number of para-hydroxylation sites is 1. The Bertz CT molecular complexity index is 980. The molecule has 1 aliphatic carbocycles. The molecule has 1 saturated carbocycles. The number of rotatable bonds is 8. The van der Waals surface area contributed by atoms with Gasteiger partial charge in [0, 0.05) is 25.7 Å². The van der Waals surface area contributed by atoms with Crippen LogP contribution in [0, 0.1) is 0 Å². The van der Waals surface area contributed by atoms with E-state index in [-0.39, 0.29) is 18.0 Å². The van der Waals surface area contributed by atoms with E-state index in [0.717, 1.165) is 36.5 Å². The summed E-state index contributed by atoms with van der Waals surface area (Å²) in [5, 5.41) is 10.7. The molecule has 176 valence electrons. The normalized spacial score (nSPS) is 19.3. The molecule has 2 aliphatic rings. The SMILES string of the molecule is COC(=O)NC/C=C/c1cc([C@@H](C)N(C(=O)[C@H]2CNCCO2)C2CC2)nn1-c1ccccc1. The average Bonchev–Trinajstić information content (AvgIpc) is 3.60. The molecule has 33 heavy (non-hydrogen) atoms. The molecule has 2 aromatic rings. The van der Waals surface area contributed by atoms with Crippen LogP contribution in [0.2, 0.25) is 0 Å². The molecule has 9 heteroatoms. The van der Waals surface area contributed by atoms with Gasteiger partial charge in [-0.3, -0.25) is 4.79 Å². The molecule has 2 heterocycles. The molecule has 1 aromatic heterocycles. The summed E-state index contributed by atoms with van der Waals surface area (Å²) in [5.41, 5.74) is 2.58. The Balaban J connectivity index is 1.59. The highest BCUT2D eigenvalue weighted by molar-refractivity contribution is 5.82. The lowest BCUT2D eigenvalue weighted by atomic mass is 10.1. The Hall–Kier alpha value is -3.17. The van der Waals surface area contributed by atoms with Crippen LogP contribution in [0.15, 0.2) is 42.5 Å². The quantitative estimate of drug-likeness (QED) is 0.637. The first kappa shape index (κ1) is 23.0. The van der Waals surface area contributed by atoms with Crippen molar-refractivity contribution < 1.29 is 19.1 Å². The maximum Gasteiger partial charge on any atom is 0.407 e. The van der Waals surface area contributed by atoms with E-state index in [1.54, 1.807) is 0 Å². The highest BCUT2D eigenvalue weighted by Gasteiger charge is 2.40. The lowest BCUT2D eigenvalue weighted by molar-refractivity contribution is -0.148. The van der Waals surface area contributed by atoms with Crippen molar-refractivity contribution in [2.75, 3.05) is 33.4 Å². The number of carbonyl (C=O) groups excluding carboxylic acids is 2. The van der Waals surface area contributed by atoms with Gasteiger partial charge in [0.25, 0.3) is 5.91 Å². The maximum absolute atomic E-state index is 13.3. The average molecular weight is 454 g/mol. The fourth-order valence-corrected chi connectivity index (χ4v) is 3.98. The highest BCUT2D eigenvalue weighted by Crippen LogP contribution is 2.35. The Morgan fingerprint density at radius 3 is 2.82 bits per heavy atom. The van der Waals surface area contributed by atoms with Crippen LogP contribution in [0.4, 0.5) is 4.79 Å². The first-order valence-electron chi connectivity index (χ1n) is 11.4. The van der Waals surface area contributed by atoms with Crippen LogP contribution in [-0.4, -0.2) is 72.2 Å². The molecule has 2 amide bonds. The topological polar surface area (TPSA) is 97.7 Å². The van der Waals surface area contributed by atoms with Crippen molar-refractivity contribution in [1.82, 2.24) is 25.3 Å². The second-order valence-electron chi connectivity index (χ2n) is 8.23. The monoisotopic (exact) mass is 453 g/mol. The van der Waals surface area contributed by atoms with Crippen LogP contribution in [-0.2, 0) is 14.3 Å². The number of nitrogens with one attached hydrogen (secondary N) is 2. The number of amides is 2. The number of morpholine rings is 1. The van der Waals surface area contributed by atoms with Crippen molar-refractivity contribution in [3.63, 3.8) is 0 Å². The number of hydrogen-bond donors (Lipinski definition) is 2. The van der Waals surface area contributed by atoms with Crippen LogP contribution < -0.4 is 10.6 Å². The van der Waals surface area contributed by atoms with E-state index in [9.17, 15) is 9.59 Å². The van der Waals surface area contributed by atoms with Crippen LogP contribution in [0.25, 0.3) is 11.8 Å². The summed E-state index contributed by atoms with van der Waals surface area (Å²) in [6.45, 7) is 4.20. The molecule has 0 bridgehead atoms. The zero-order valence-electron chi connectivity index (χ0n) is 19.1. The van der Waals surface area contributed by atoms with Crippen molar-refractivity contribution in [2.24, 2.45) is 0 Å². The summed E-state index contributed by atoms with van der Waals surface area (Å²) in [5.74, 6) is 0.0193. The largest absolute Gasteiger partial charge is 0.453 e. The van der Waals surface area contributed by atoms with E-state index in [4.69, 9.17) is 9.84 Å². The molecule has 0 spiro atoms. The maximum atomic E-state index is 13.3. The minimum absolute atomic E-state index is 0.0193. The van der Waals surface area contributed by atoms with Gasteiger partial charge in [-0.2, -0.15) is 5.10 Å². The Labute approximate surface area is 193 Å². The fourth-order valence-electron chi connectivity index (χ4n) is 3.98. The smallest absolute Gasteiger partial charge is 0.407 e. The predicted molar refractivity (Wildman–Crippen MR) is 124 cm³/mol. The van der Waals surface area contributed by atoms with Crippen LogP contribution in [0.5, 0.6) is 0 Å². The summed E-state index contributed by atoms with van der Waals surface area (Å²) in [6, 6.07) is 11.9. The zero-order chi connectivity index (χ0) is 23.2. The minimum Gasteiger partial charge on any atom is -0.453 e. The van der Waals surface area contributed by atoms with Gasteiger partial charge in [0.05, 0.1) is 36.8 Å². The molecule has 1 aliphatic heterocycles. The van der Waals surface area contributed by atoms with Gasteiger partial charge in [-0.1, -0.05) is 24.3 Å². The molecule has 2 fully saturated rings. The number of carbonyl (C=O) groups is 2. The Morgan fingerprint density at radius 1 is 1.36 bits per heavy atom. The third-order valence-electron chi connectivity index (χ3n) is 5.84. The van der Waals surface area contributed by atoms with Crippen LogP contribution >= 0.6 is 0 Å². The number of ether oxygens (including phenoxy) is 2. The Morgan fingerprint density at radius 2 is 2.15 bits per heavy atom. The van der Waals surface area contributed by atoms with E-state index in [2.05, 4.69) is 15.4 Å². The van der Waals surface area contributed by atoms with E-state index < -0.39 is 12.2 Å². The van der Waals surface area contributed by atoms with Crippen molar-refractivity contribution >= 4 is 18.1 Å². The van der Waals surface area contributed by atoms with E-state index in [0.29, 0.717) is 19.7 Å². The number of alkyl carbamates (subject to hydrolysis) is 1. The first-order chi connectivity index (χ1) is 16.1. The number of nitrogens with zero attached hydrogens (tertiary/aromatic N) is 3. The van der Waals surface area contributed by atoms with Gasteiger partial charge >= 0.3 is 6.09 Å². The predicted octanol–water partition coefficient (Wildman–Crippen LogP) is 2.28. The first-order valence-corrected chi connectivity index (χ1v) is 11.4. The van der Waals surface area contributed by atoms with Crippen LogP contribution in [0.3, 0.4) is 0 Å². The van der Waals surface area contributed by atoms with Crippen molar-refractivity contribution in [3.8, 4) is 5.69 Å². The van der Waals surface area contributed by atoms with E-state index in [1.165, 1.54) is 7.11 Å². The number of aromatic nitrogens is 2. The second kappa shape index (κ2) is 10.6. The van der Waals surface area contributed by atoms with E-state index in [1.807, 2.05) is 65.1 Å². The third-order valence-corrected chi connectivity index (χ3v) is 5.84. The Kier molecular flexibility index (Phi) is 7.41. The van der Waals surface area contributed by atoms with Gasteiger partial charge in [0.2, 0.25) is 0 Å². The molecular weight excluding hydrogens is 422 g/mol. The molecule has 2 atom stereocenters. The summed E-state index contributed by atoms with van der Waals surface area (Å²) >= 11 is 0. The molecule has 0 radical (unpaired) electrons. The van der Waals surface area contributed by atoms with Crippen LogP contribution in [0.1, 0.15) is 37.2 Å². The van der Waals surface area contributed by atoms with Gasteiger partial charge < -0.3 is 25.0 Å². The number of benzene rings is 1. The molecule has 1 saturated heterocycles. The lowest BCUT2D eigenvalue weighted by Gasteiger charge is -2.33. The van der Waals surface area contributed by atoms with Crippen molar-refractivity contribution in [1.29, 1.82) is 0 Å². The summed E-state index contributed by atoms with van der Waals surface area (Å²) in [6.07, 6.45) is 4.81. The highest BCUT2D eigenvalue weighted by atomic mass is 16.5. The van der Waals surface area contributed by atoms with Crippen molar-refractivity contribution in [3.05, 3.63) is 53.9 Å². The fraction of sp³-hybridized carbons (Fsp3) is 0.458. The second-order valence-corrected chi connectivity index (χ2v) is 8.23. The minimum atomic E-state index is -0.483. The van der Waals surface area contributed by atoms with Gasteiger partial charge in [0.1, 0.15) is 6.10 Å². The van der Waals surface area contributed by atoms with Gasteiger partial charge in [-0.05, 0) is 44.0 Å². The molecule has 0 unspecified atom stereocenters. The zero-order valence-corrected chi connectivity index (χ0v) is 19.1. The molecule has 4 rings (SSSR count). The molecule has 1 aromatic carbocycles. The number of hydrogen-bond acceptors (Lipinski definition) is 6.